The summed E-state index contributed by atoms with van der Waals surface area (Å²) in [4.78, 5) is 0. The molecule has 24 heavy (non-hydrogen) atoms. The average Bonchev–Trinajstić information content (AvgIpc) is 2.97. The van der Waals surface area contributed by atoms with Crippen molar-refractivity contribution in [1.29, 1.82) is 0 Å². The van der Waals surface area contributed by atoms with Crippen molar-refractivity contribution in [3.05, 3.63) is 81.7 Å². The molecule has 0 fully saturated rings. The molecule has 2 aromatic rings. The summed E-state index contributed by atoms with van der Waals surface area (Å²) in [5.41, 5.74) is 10.5. The summed E-state index contributed by atoms with van der Waals surface area (Å²) in [5.74, 6) is 2.57. The molecule has 4 rings (SSSR count). The highest BCUT2D eigenvalue weighted by Gasteiger charge is 2.48. The number of benzene rings is 2. The van der Waals surface area contributed by atoms with Gasteiger partial charge in [-0.15, -0.1) is 0 Å². The van der Waals surface area contributed by atoms with E-state index in [0.29, 0.717) is 0 Å². The predicted octanol–water partition coefficient (Wildman–Crippen LogP) is 6.90. The van der Waals surface area contributed by atoms with Crippen molar-refractivity contribution in [1.82, 2.24) is 0 Å². The van der Waals surface area contributed by atoms with Gasteiger partial charge in [-0.1, -0.05) is 66.3 Å². The van der Waals surface area contributed by atoms with Crippen molar-refractivity contribution in [3.8, 4) is 0 Å². The Balaban J connectivity index is 2.04. The molecule has 2 aliphatic heterocycles. The fourth-order valence-electron chi connectivity index (χ4n) is 4.59. The molecule has 0 aliphatic carbocycles. The largest absolute Gasteiger partial charge is 0.0622 e. The Labute approximate surface area is 147 Å². The van der Waals surface area contributed by atoms with Crippen molar-refractivity contribution < 1.29 is 0 Å². The van der Waals surface area contributed by atoms with Gasteiger partial charge in [-0.25, -0.2) is 0 Å². The van der Waals surface area contributed by atoms with Crippen LogP contribution in [-0.4, -0.2) is 6.16 Å². The van der Waals surface area contributed by atoms with Crippen LogP contribution < -0.4 is 0 Å². The molecule has 2 unspecified atom stereocenters. The van der Waals surface area contributed by atoms with Crippen LogP contribution in [0.2, 0.25) is 0 Å². The second kappa shape index (κ2) is 5.43. The number of hydrogen-bond acceptors (Lipinski definition) is 0. The van der Waals surface area contributed by atoms with E-state index in [1.165, 1.54) is 34.0 Å². The van der Waals surface area contributed by atoms with Gasteiger partial charge in [0.05, 0.1) is 0 Å². The van der Waals surface area contributed by atoms with Crippen LogP contribution in [0.25, 0.3) is 10.9 Å². The molecule has 2 bridgehead atoms. The molecule has 0 saturated heterocycles. The van der Waals surface area contributed by atoms with Crippen molar-refractivity contribution in [3.63, 3.8) is 0 Å². The molecule has 0 amide bonds. The van der Waals surface area contributed by atoms with Crippen molar-refractivity contribution >= 4 is 18.8 Å². The first-order valence-electron chi connectivity index (χ1n) is 8.76. The normalized spacial score (nSPS) is 25.4. The van der Waals surface area contributed by atoms with Crippen LogP contribution in [0, 0.1) is 26.2 Å². The van der Waals surface area contributed by atoms with Crippen molar-refractivity contribution in [2.75, 3.05) is 6.16 Å². The lowest BCUT2D eigenvalue weighted by molar-refractivity contribution is 0.629. The lowest BCUT2D eigenvalue weighted by atomic mass is 9.72. The standard InChI is InChI=1S/C23H25P/c1-15-11-16(2)20(17(3)12-15)21-22(19-9-7-6-8-10-19)24-13-18(4)23(21,5)14-24/h6-13H,14H2,1-5H3. The van der Waals surface area contributed by atoms with Gasteiger partial charge in [-0.2, -0.15) is 0 Å². The molecule has 122 valence electrons. The summed E-state index contributed by atoms with van der Waals surface area (Å²) in [7, 11) is -0.174. The van der Waals surface area contributed by atoms with E-state index in [1.54, 1.807) is 16.5 Å². The second-order valence-electron chi connectivity index (χ2n) is 7.64. The van der Waals surface area contributed by atoms with Gasteiger partial charge in [0.25, 0.3) is 0 Å². The van der Waals surface area contributed by atoms with Crippen LogP contribution in [0.5, 0.6) is 0 Å². The third kappa shape index (κ3) is 2.16. The summed E-state index contributed by atoms with van der Waals surface area (Å²) in [5, 5.41) is 1.62. The topological polar surface area (TPSA) is 0 Å². The van der Waals surface area contributed by atoms with Crippen LogP contribution in [0.3, 0.4) is 0 Å². The first-order valence-corrected chi connectivity index (χ1v) is 10.4. The van der Waals surface area contributed by atoms with Crippen LogP contribution in [-0.2, 0) is 0 Å². The zero-order valence-corrected chi connectivity index (χ0v) is 16.2. The summed E-state index contributed by atoms with van der Waals surface area (Å²) in [6.07, 6.45) is 1.29. The van der Waals surface area contributed by atoms with E-state index in [2.05, 4.69) is 82.9 Å². The third-order valence-corrected chi connectivity index (χ3v) is 8.48. The van der Waals surface area contributed by atoms with Gasteiger partial charge < -0.3 is 0 Å². The molecule has 2 aliphatic rings. The van der Waals surface area contributed by atoms with Gasteiger partial charge in [0.2, 0.25) is 0 Å². The minimum Gasteiger partial charge on any atom is -0.0622 e. The smallest absolute Gasteiger partial charge is 0.0192 e. The zero-order chi connectivity index (χ0) is 17.1. The van der Waals surface area contributed by atoms with E-state index in [4.69, 9.17) is 0 Å². The van der Waals surface area contributed by atoms with Crippen molar-refractivity contribution in [2.24, 2.45) is 5.41 Å². The number of hydrogen-bond donors (Lipinski definition) is 0. The van der Waals surface area contributed by atoms with E-state index in [1.807, 2.05) is 0 Å². The quantitative estimate of drug-likeness (QED) is 0.525. The van der Waals surface area contributed by atoms with Crippen LogP contribution >= 0.6 is 7.92 Å². The Morgan fingerprint density at radius 2 is 1.54 bits per heavy atom. The minimum atomic E-state index is -0.174. The van der Waals surface area contributed by atoms with E-state index in [0.717, 1.165) is 0 Å². The molecule has 0 N–H and O–H groups in total. The van der Waals surface area contributed by atoms with Gasteiger partial charge in [0, 0.05) is 5.41 Å². The average molecular weight is 332 g/mol. The number of rotatable bonds is 2. The Bertz CT molecular complexity index is 863. The van der Waals surface area contributed by atoms with E-state index < -0.39 is 0 Å². The molecular formula is C23H25P. The lowest BCUT2D eigenvalue weighted by Gasteiger charge is -2.31. The Hall–Kier alpha value is -1.65. The van der Waals surface area contributed by atoms with Crippen molar-refractivity contribution in [2.45, 2.75) is 34.6 Å². The Morgan fingerprint density at radius 1 is 0.917 bits per heavy atom. The fraction of sp³-hybridized carbons (Fsp3) is 0.304. The molecule has 2 atom stereocenters. The maximum atomic E-state index is 2.57. The SMILES string of the molecule is CC1=CP2CC1(C)C(c1c(C)cc(C)cc1C)=C2c1ccccc1. The van der Waals surface area contributed by atoms with Gasteiger partial charge >= 0.3 is 0 Å². The second-order valence-corrected chi connectivity index (χ2v) is 9.60. The highest BCUT2D eigenvalue weighted by atomic mass is 31.1. The molecule has 0 saturated carbocycles. The summed E-state index contributed by atoms with van der Waals surface area (Å²) < 4.78 is 0. The van der Waals surface area contributed by atoms with Gasteiger partial charge in [-0.05, 0) is 74.9 Å². The van der Waals surface area contributed by atoms with Gasteiger partial charge in [0.1, 0.15) is 0 Å². The molecule has 0 spiro atoms. The molecule has 2 aromatic carbocycles. The number of allylic oxidation sites excluding steroid dienone is 2. The lowest BCUT2D eigenvalue weighted by Crippen LogP contribution is -2.19. The molecule has 2 heterocycles. The Kier molecular flexibility index (Phi) is 3.59. The van der Waals surface area contributed by atoms with Crippen LogP contribution in [0.1, 0.15) is 41.7 Å². The minimum absolute atomic E-state index is 0.174. The first-order chi connectivity index (χ1) is 11.4. The Morgan fingerprint density at radius 3 is 2.17 bits per heavy atom. The highest BCUT2D eigenvalue weighted by Crippen LogP contribution is 2.74. The maximum Gasteiger partial charge on any atom is 0.0192 e. The van der Waals surface area contributed by atoms with E-state index >= 15 is 0 Å². The summed E-state index contributed by atoms with van der Waals surface area (Å²) in [6.45, 7) is 11.6. The van der Waals surface area contributed by atoms with Gasteiger partial charge in [-0.3, -0.25) is 0 Å². The molecule has 0 nitrogen and oxygen atoms in total. The zero-order valence-electron chi connectivity index (χ0n) is 15.3. The van der Waals surface area contributed by atoms with E-state index in [-0.39, 0.29) is 13.3 Å². The predicted molar refractivity (Wildman–Crippen MR) is 108 cm³/mol. The van der Waals surface area contributed by atoms with Crippen LogP contribution in [0.4, 0.5) is 0 Å². The van der Waals surface area contributed by atoms with Crippen LogP contribution in [0.15, 0.2) is 53.9 Å². The molecule has 1 heteroatoms. The monoisotopic (exact) mass is 332 g/mol. The third-order valence-electron chi connectivity index (χ3n) is 5.76. The first kappa shape index (κ1) is 15.9. The fourth-order valence-corrected chi connectivity index (χ4v) is 7.93. The summed E-state index contributed by atoms with van der Waals surface area (Å²) >= 11 is 0. The maximum absolute atomic E-state index is 2.57. The number of fused-ring (bicyclic) bond motifs is 2. The van der Waals surface area contributed by atoms with Gasteiger partial charge in [0.15, 0.2) is 0 Å². The highest BCUT2D eigenvalue weighted by molar-refractivity contribution is 7.72. The number of aryl methyl sites for hydroxylation is 3. The van der Waals surface area contributed by atoms with E-state index in [9.17, 15) is 0 Å². The molecule has 0 aromatic heterocycles. The summed E-state index contributed by atoms with van der Waals surface area (Å²) in [6, 6.07) is 15.8. The molecule has 0 radical (unpaired) electrons. The molecular weight excluding hydrogens is 307 g/mol.